The molecule has 0 radical (unpaired) electrons. The summed E-state index contributed by atoms with van der Waals surface area (Å²) in [5.41, 5.74) is 0.852. The molecule has 92 valence electrons. The monoisotopic (exact) mass is 273 g/mol. The molecule has 0 bridgehead atoms. The number of rotatable bonds is 2. The van der Waals surface area contributed by atoms with Crippen LogP contribution < -0.4 is 5.32 Å². The molecule has 0 spiro atoms. The van der Waals surface area contributed by atoms with Crippen LogP contribution in [0.15, 0.2) is 6.07 Å². The van der Waals surface area contributed by atoms with Crippen molar-refractivity contribution in [1.29, 1.82) is 0 Å². The molecule has 17 heavy (non-hydrogen) atoms. The molecule has 1 N–H and O–H groups in total. The number of aryl methyl sites for hydroxylation is 2. The highest BCUT2D eigenvalue weighted by molar-refractivity contribution is 6.53. The molecule has 4 nitrogen and oxygen atoms in total. The Kier molecular flexibility index (Phi) is 2.83. The van der Waals surface area contributed by atoms with Crippen LogP contribution in [0.5, 0.6) is 0 Å². The normalized spacial score (nSPS) is 25.5. The summed E-state index contributed by atoms with van der Waals surface area (Å²) in [6.07, 6.45) is 0.444. The van der Waals surface area contributed by atoms with E-state index < -0.39 is 9.75 Å². The van der Waals surface area contributed by atoms with Gasteiger partial charge in [-0.15, -0.1) is 23.2 Å². The van der Waals surface area contributed by atoms with E-state index in [1.807, 2.05) is 19.9 Å². The van der Waals surface area contributed by atoms with Crippen LogP contribution >= 0.6 is 23.2 Å². The van der Waals surface area contributed by atoms with Crippen LogP contribution in [0.2, 0.25) is 0 Å². The Morgan fingerprint density at radius 2 is 1.82 bits per heavy atom. The first-order chi connectivity index (χ1) is 7.74. The number of amides is 1. The van der Waals surface area contributed by atoms with Crippen molar-refractivity contribution in [3.63, 3.8) is 0 Å². The maximum absolute atomic E-state index is 12.0. The summed E-state index contributed by atoms with van der Waals surface area (Å²) in [7, 11) is 0. The van der Waals surface area contributed by atoms with E-state index in [1.54, 1.807) is 6.92 Å². The summed E-state index contributed by atoms with van der Waals surface area (Å²) in [6, 6.07) is 1.84. The maximum atomic E-state index is 12.0. The molecule has 1 aliphatic carbocycles. The fourth-order valence-corrected chi connectivity index (χ4v) is 2.37. The van der Waals surface area contributed by atoms with Gasteiger partial charge in [0.1, 0.15) is 4.33 Å². The third kappa shape index (κ3) is 2.24. The Morgan fingerprint density at radius 3 is 2.24 bits per heavy atom. The number of carbonyl (C=O) groups excluding carboxylic acids is 1. The van der Waals surface area contributed by atoms with Crippen molar-refractivity contribution in [3.8, 4) is 0 Å². The number of nitrogens with zero attached hydrogens (tertiary/aromatic N) is 2. The first-order valence-electron chi connectivity index (χ1n) is 5.26. The average Bonchev–Trinajstić information content (AvgIpc) is 2.65. The molecule has 1 saturated carbocycles. The van der Waals surface area contributed by atoms with Gasteiger partial charge in [-0.1, -0.05) is 0 Å². The first-order valence-corrected chi connectivity index (χ1v) is 6.02. The predicted octanol–water partition coefficient (Wildman–Crippen LogP) is 2.62. The van der Waals surface area contributed by atoms with Gasteiger partial charge in [0.15, 0.2) is 0 Å². The maximum Gasteiger partial charge on any atom is 0.235 e. The van der Waals surface area contributed by atoms with E-state index in [1.165, 1.54) is 0 Å². The lowest BCUT2D eigenvalue weighted by Gasteiger charge is -2.12. The number of nitrogens with one attached hydrogen (secondary N) is 1. The predicted molar refractivity (Wildman–Crippen MR) is 67.3 cm³/mol. The van der Waals surface area contributed by atoms with Crippen molar-refractivity contribution >= 4 is 35.1 Å². The van der Waals surface area contributed by atoms with Crippen molar-refractivity contribution in [2.45, 2.75) is 31.5 Å². The minimum absolute atomic E-state index is 0.243. The number of hydrogen-bond acceptors (Lipinski definition) is 3. The zero-order valence-electron chi connectivity index (χ0n) is 9.84. The van der Waals surface area contributed by atoms with Gasteiger partial charge in [-0.25, -0.2) is 9.97 Å². The Balaban J connectivity index is 2.15. The summed E-state index contributed by atoms with van der Waals surface area (Å²) in [4.78, 5) is 20.2. The highest BCUT2D eigenvalue weighted by Crippen LogP contribution is 2.64. The van der Waals surface area contributed by atoms with Gasteiger partial charge in [-0.05, 0) is 33.3 Å². The zero-order valence-corrected chi connectivity index (χ0v) is 11.4. The molecular formula is C11H13Cl2N3O. The average molecular weight is 274 g/mol. The number of anilines is 1. The molecule has 0 aliphatic heterocycles. The number of carbonyl (C=O) groups is 1. The molecule has 1 fully saturated rings. The minimum atomic E-state index is -0.976. The topological polar surface area (TPSA) is 54.9 Å². The molecule has 1 amide bonds. The van der Waals surface area contributed by atoms with Crippen LogP contribution in [0.1, 0.15) is 24.7 Å². The zero-order chi connectivity index (χ0) is 12.8. The fourth-order valence-electron chi connectivity index (χ4n) is 1.67. The lowest BCUT2D eigenvalue weighted by Crippen LogP contribution is -2.27. The standard InChI is InChI=1S/C11H13Cl2N3O/c1-6-4-7(2)15-9(14-6)16-8(17)10(3)5-11(10,12)13/h4H,5H2,1-3H3,(H,14,15,16,17)/t10-/m0/s1. The van der Waals surface area contributed by atoms with Crippen LogP contribution in [0, 0.1) is 19.3 Å². The summed E-state index contributed by atoms with van der Waals surface area (Å²) < 4.78 is -0.976. The third-order valence-electron chi connectivity index (χ3n) is 2.97. The van der Waals surface area contributed by atoms with Gasteiger partial charge in [-0.2, -0.15) is 0 Å². The SMILES string of the molecule is Cc1cc(C)nc(NC(=O)[C@]2(C)CC2(Cl)Cl)n1. The van der Waals surface area contributed by atoms with Crippen LogP contribution in [0.25, 0.3) is 0 Å². The van der Waals surface area contributed by atoms with Gasteiger partial charge in [0, 0.05) is 11.4 Å². The van der Waals surface area contributed by atoms with Crippen molar-refractivity contribution in [3.05, 3.63) is 17.5 Å². The quantitative estimate of drug-likeness (QED) is 0.843. The molecule has 0 saturated heterocycles. The molecule has 1 atom stereocenters. The molecule has 0 aromatic carbocycles. The van der Waals surface area contributed by atoms with Gasteiger partial charge < -0.3 is 0 Å². The lowest BCUT2D eigenvalue weighted by atomic mass is 10.1. The number of halogens is 2. The number of hydrogen-bond donors (Lipinski definition) is 1. The Bertz CT molecular complexity index is 469. The molecule has 1 aromatic rings. The smallest absolute Gasteiger partial charge is 0.235 e. The summed E-state index contributed by atoms with van der Waals surface area (Å²) >= 11 is 11.9. The first kappa shape index (κ1) is 12.6. The second-order valence-electron chi connectivity index (χ2n) is 4.64. The van der Waals surface area contributed by atoms with E-state index in [-0.39, 0.29) is 5.91 Å². The fraction of sp³-hybridized carbons (Fsp3) is 0.545. The molecular weight excluding hydrogens is 261 g/mol. The Morgan fingerprint density at radius 1 is 1.35 bits per heavy atom. The van der Waals surface area contributed by atoms with Gasteiger partial charge in [0.05, 0.1) is 5.41 Å². The molecule has 1 heterocycles. The van der Waals surface area contributed by atoms with E-state index in [0.717, 1.165) is 11.4 Å². The Labute approximate surface area is 110 Å². The van der Waals surface area contributed by atoms with Crippen molar-refractivity contribution in [2.24, 2.45) is 5.41 Å². The van der Waals surface area contributed by atoms with E-state index in [9.17, 15) is 4.79 Å². The second kappa shape index (κ2) is 3.82. The van der Waals surface area contributed by atoms with Gasteiger partial charge in [0.2, 0.25) is 11.9 Å². The van der Waals surface area contributed by atoms with E-state index >= 15 is 0 Å². The molecule has 1 aromatic heterocycles. The van der Waals surface area contributed by atoms with Crippen LogP contribution in [-0.4, -0.2) is 20.2 Å². The molecule has 6 heteroatoms. The molecule has 0 unspecified atom stereocenters. The Hall–Kier alpha value is -0.870. The summed E-state index contributed by atoms with van der Waals surface area (Å²) in [5.74, 6) is 0.0530. The van der Waals surface area contributed by atoms with E-state index in [0.29, 0.717) is 12.4 Å². The second-order valence-corrected chi connectivity index (χ2v) is 6.13. The lowest BCUT2D eigenvalue weighted by molar-refractivity contribution is -0.120. The minimum Gasteiger partial charge on any atom is -0.294 e. The van der Waals surface area contributed by atoms with Crippen LogP contribution in [0.4, 0.5) is 5.95 Å². The molecule has 1 aliphatic rings. The van der Waals surface area contributed by atoms with Crippen molar-refractivity contribution < 1.29 is 4.79 Å². The van der Waals surface area contributed by atoms with Crippen LogP contribution in [0.3, 0.4) is 0 Å². The van der Waals surface area contributed by atoms with Gasteiger partial charge in [0.25, 0.3) is 0 Å². The van der Waals surface area contributed by atoms with Crippen LogP contribution in [-0.2, 0) is 4.79 Å². The van der Waals surface area contributed by atoms with Gasteiger partial charge >= 0.3 is 0 Å². The largest absolute Gasteiger partial charge is 0.294 e. The van der Waals surface area contributed by atoms with E-state index in [2.05, 4.69) is 15.3 Å². The number of alkyl halides is 2. The summed E-state index contributed by atoms with van der Waals surface area (Å²) in [6.45, 7) is 5.41. The molecule has 2 rings (SSSR count). The summed E-state index contributed by atoms with van der Waals surface area (Å²) in [5, 5.41) is 2.65. The van der Waals surface area contributed by atoms with Gasteiger partial charge in [-0.3, -0.25) is 10.1 Å². The highest BCUT2D eigenvalue weighted by Gasteiger charge is 2.68. The van der Waals surface area contributed by atoms with Crippen molar-refractivity contribution in [1.82, 2.24) is 9.97 Å². The number of aromatic nitrogens is 2. The van der Waals surface area contributed by atoms with Crippen molar-refractivity contribution in [2.75, 3.05) is 5.32 Å². The van der Waals surface area contributed by atoms with E-state index in [4.69, 9.17) is 23.2 Å². The highest BCUT2D eigenvalue weighted by atomic mass is 35.5. The third-order valence-corrected chi connectivity index (χ3v) is 4.07.